The van der Waals surface area contributed by atoms with Crippen LogP contribution in [-0.2, 0) is 29.6 Å². The lowest BCUT2D eigenvalue weighted by atomic mass is 9.92. The number of hydrogen-bond donors (Lipinski definition) is 1. The fraction of sp³-hybridized carbons (Fsp3) is 0.586. The molecule has 1 atom stereocenters. The molecule has 0 spiro atoms. The number of rotatable bonds is 10. The van der Waals surface area contributed by atoms with Gasteiger partial charge in [-0.2, -0.15) is 0 Å². The number of benzene rings is 1. The molecule has 1 heterocycles. The molecule has 2 aromatic rings. The van der Waals surface area contributed by atoms with Crippen LogP contribution in [0.1, 0.15) is 98.9 Å². The van der Waals surface area contributed by atoms with Crippen LogP contribution in [0.25, 0.3) is 0 Å². The maximum Gasteiger partial charge on any atom is 0.704 e. The minimum absolute atomic E-state index is 0.272. The van der Waals surface area contributed by atoms with Gasteiger partial charge in [0.25, 0.3) is 0 Å². The van der Waals surface area contributed by atoms with Crippen molar-refractivity contribution in [1.29, 1.82) is 0 Å². The van der Waals surface area contributed by atoms with Crippen LogP contribution in [0.5, 0.6) is 11.5 Å². The van der Waals surface area contributed by atoms with E-state index in [2.05, 4.69) is 0 Å². The van der Waals surface area contributed by atoms with E-state index in [1.165, 1.54) is 25.7 Å². The molecule has 3 rings (SSSR count). The summed E-state index contributed by atoms with van der Waals surface area (Å²) in [7, 11) is -2.50. The summed E-state index contributed by atoms with van der Waals surface area (Å²) in [6.45, 7) is 10.5. The minimum Gasteiger partial charge on any atom is -0.506 e. The van der Waals surface area contributed by atoms with Gasteiger partial charge in [-0.15, -0.1) is 0 Å². The van der Waals surface area contributed by atoms with Crippen LogP contribution in [0, 0.1) is 26.2 Å². The Morgan fingerprint density at radius 1 is 1.03 bits per heavy atom. The number of pyridine rings is 1. The Hall–Kier alpha value is -2.54. The topological polar surface area (TPSA) is 104 Å². The molecular formula is C29H41NO7P+. The number of nitrogens with zero attached hydrogens (tertiary/aromatic N) is 1. The summed E-state index contributed by atoms with van der Waals surface area (Å²) in [5.74, 6) is 0.785. The van der Waals surface area contributed by atoms with Crippen LogP contribution in [0.2, 0.25) is 0 Å². The smallest absolute Gasteiger partial charge is 0.506 e. The van der Waals surface area contributed by atoms with Crippen molar-refractivity contribution >= 4 is 14.2 Å². The molecular weight excluding hydrogens is 505 g/mol. The molecule has 0 amide bonds. The van der Waals surface area contributed by atoms with Crippen molar-refractivity contribution in [3.05, 3.63) is 51.8 Å². The Bertz CT molecular complexity index is 1130. The first kappa shape index (κ1) is 30.0. The lowest BCUT2D eigenvalue weighted by Gasteiger charge is -2.18. The maximum atomic E-state index is 11.9. The highest BCUT2D eigenvalue weighted by atomic mass is 31.1. The lowest BCUT2D eigenvalue weighted by molar-refractivity contribution is -0.159. The largest absolute Gasteiger partial charge is 0.704 e. The van der Waals surface area contributed by atoms with Gasteiger partial charge in [0.1, 0.15) is 11.5 Å². The predicted octanol–water partition coefficient (Wildman–Crippen LogP) is 7.31. The van der Waals surface area contributed by atoms with E-state index in [4.69, 9.17) is 23.5 Å². The number of esters is 1. The molecule has 0 bridgehead atoms. The predicted molar refractivity (Wildman–Crippen MR) is 145 cm³/mol. The van der Waals surface area contributed by atoms with Gasteiger partial charge in [-0.3, -0.25) is 9.78 Å². The van der Waals surface area contributed by atoms with Crippen molar-refractivity contribution in [3.63, 3.8) is 0 Å². The van der Waals surface area contributed by atoms with Gasteiger partial charge in [-0.25, -0.2) is 0 Å². The van der Waals surface area contributed by atoms with Gasteiger partial charge < -0.3 is 14.6 Å². The summed E-state index contributed by atoms with van der Waals surface area (Å²) >= 11 is 0. The van der Waals surface area contributed by atoms with Crippen molar-refractivity contribution in [2.45, 2.75) is 92.4 Å². The van der Waals surface area contributed by atoms with Crippen molar-refractivity contribution in [3.8, 4) is 11.5 Å². The zero-order chi connectivity index (χ0) is 27.9. The van der Waals surface area contributed by atoms with Gasteiger partial charge in [0.15, 0.2) is 0 Å². The molecule has 1 unspecified atom stereocenters. The summed E-state index contributed by atoms with van der Waals surface area (Å²) in [5, 5.41) is 10.5. The summed E-state index contributed by atoms with van der Waals surface area (Å²) < 4.78 is 32.6. The Balaban J connectivity index is 1.60. The molecule has 1 aromatic heterocycles. The van der Waals surface area contributed by atoms with Crippen molar-refractivity contribution in [2.75, 3.05) is 13.6 Å². The first-order valence-corrected chi connectivity index (χ1v) is 14.4. The molecule has 9 heteroatoms. The number of aryl methyl sites for hydroxylation is 1. The minimum atomic E-state index is -2.50. The molecule has 1 aliphatic carbocycles. The fourth-order valence-electron chi connectivity index (χ4n) is 4.67. The summed E-state index contributed by atoms with van der Waals surface area (Å²) in [5.41, 5.74) is 5.34. The summed E-state index contributed by atoms with van der Waals surface area (Å²) in [6.07, 6.45) is 7.69. The van der Waals surface area contributed by atoms with Crippen LogP contribution in [0.4, 0.5) is 0 Å². The number of carbonyl (C=O) groups is 1. The quantitative estimate of drug-likeness (QED) is 0.143. The first-order chi connectivity index (χ1) is 18.0. The molecule has 0 saturated heterocycles. The second-order valence-corrected chi connectivity index (χ2v) is 12.0. The standard InChI is InChI=1S/C29H40NO7P/c1-19-15-26(34-17-36-38(33)37-18-35-28(32)29(4,5)6)21(3)20(2)24(19)16-23-13-14-25(31)27(30-23)22-11-9-7-8-10-12-22/h13-15,22H,7-12,16-18H2,1-6H3/p+1. The van der Waals surface area contributed by atoms with Gasteiger partial charge >= 0.3 is 14.2 Å². The Morgan fingerprint density at radius 3 is 2.34 bits per heavy atom. The summed E-state index contributed by atoms with van der Waals surface area (Å²) in [4.78, 5) is 16.6. The monoisotopic (exact) mass is 546 g/mol. The number of hydrogen-bond acceptors (Lipinski definition) is 8. The Kier molecular flexibility index (Phi) is 10.7. The highest BCUT2D eigenvalue weighted by Gasteiger charge is 2.27. The summed E-state index contributed by atoms with van der Waals surface area (Å²) in [6, 6.07) is 5.62. The Labute approximate surface area is 227 Å². The molecule has 1 aliphatic rings. The highest BCUT2D eigenvalue weighted by molar-refractivity contribution is 7.33. The number of aromatic hydroxyl groups is 1. The second kappa shape index (κ2) is 13.5. The lowest BCUT2D eigenvalue weighted by Crippen LogP contribution is -2.23. The molecule has 1 fully saturated rings. The van der Waals surface area contributed by atoms with E-state index in [1.807, 2.05) is 32.9 Å². The molecule has 1 aromatic carbocycles. The van der Waals surface area contributed by atoms with Gasteiger partial charge in [0, 0.05) is 22.6 Å². The molecule has 208 valence electrons. The number of ether oxygens (including phenoxy) is 2. The zero-order valence-electron chi connectivity index (χ0n) is 23.5. The molecule has 1 saturated carbocycles. The molecule has 8 nitrogen and oxygen atoms in total. The molecule has 1 N–H and O–H groups in total. The Morgan fingerprint density at radius 2 is 1.68 bits per heavy atom. The van der Waals surface area contributed by atoms with Crippen LogP contribution >= 0.6 is 8.25 Å². The number of carbonyl (C=O) groups excluding carboxylic acids is 1. The van der Waals surface area contributed by atoms with Gasteiger partial charge in [0.05, 0.1) is 11.1 Å². The van der Waals surface area contributed by atoms with E-state index in [-0.39, 0.29) is 6.79 Å². The van der Waals surface area contributed by atoms with Crippen LogP contribution in [-0.4, -0.2) is 29.6 Å². The van der Waals surface area contributed by atoms with E-state index in [9.17, 15) is 14.5 Å². The third-order valence-electron chi connectivity index (χ3n) is 7.10. The second-order valence-electron chi connectivity index (χ2n) is 11.0. The van der Waals surface area contributed by atoms with Crippen molar-refractivity contribution in [2.24, 2.45) is 5.41 Å². The van der Waals surface area contributed by atoms with Gasteiger partial charge in [-0.1, -0.05) is 34.7 Å². The van der Waals surface area contributed by atoms with E-state index in [1.54, 1.807) is 26.8 Å². The third-order valence-corrected chi connectivity index (χ3v) is 7.73. The van der Waals surface area contributed by atoms with Crippen LogP contribution < -0.4 is 4.74 Å². The van der Waals surface area contributed by atoms with E-state index in [0.29, 0.717) is 23.8 Å². The molecule has 38 heavy (non-hydrogen) atoms. The first-order valence-electron chi connectivity index (χ1n) is 13.3. The fourth-order valence-corrected chi connectivity index (χ4v) is 5.03. The number of aromatic nitrogens is 1. The highest BCUT2D eigenvalue weighted by Crippen LogP contribution is 2.36. The average molecular weight is 547 g/mol. The van der Waals surface area contributed by atoms with Gasteiger partial charge in [-0.05, 0) is 94.8 Å². The zero-order valence-corrected chi connectivity index (χ0v) is 24.4. The van der Waals surface area contributed by atoms with Crippen LogP contribution in [0.3, 0.4) is 0 Å². The molecule has 0 radical (unpaired) electrons. The third kappa shape index (κ3) is 8.23. The van der Waals surface area contributed by atoms with E-state index < -0.39 is 26.4 Å². The van der Waals surface area contributed by atoms with Crippen LogP contribution in [0.15, 0.2) is 18.2 Å². The molecule has 0 aliphatic heterocycles. The average Bonchev–Trinajstić information content (AvgIpc) is 3.14. The van der Waals surface area contributed by atoms with Crippen molar-refractivity contribution < 1.29 is 33.0 Å². The van der Waals surface area contributed by atoms with Gasteiger partial charge in [0.2, 0.25) is 13.6 Å². The van der Waals surface area contributed by atoms with E-state index >= 15 is 0 Å². The normalized spacial score (nSPS) is 15.2. The maximum absolute atomic E-state index is 11.9. The van der Waals surface area contributed by atoms with Crippen molar-refractivity contribution in [1.82, 2.24) is 4.98 Å². The van der Waals surface area contributed by atoms with E-state index in [0.717, 1.165) is 46.5 Å². The SMILES string of the molecule is Cc1cc(OCO[P+](=O)OCOC(=O)C(C)(C)C)c(C)c(C)c1Cc1ccc(O)c(C2CCCCCC2)n1.